The molecule has 5 N–H and O–H groups in total. The van der Waals surface area contributed by atoms with Crippen molar-refractivity contribution in [2.24, 2.45) is 11.8 Å². The quantitative estimate of drug-likeness (QED) is 0.533. The normalized spacial score (nSPS) is 13.0. The number of nitrogens with zero attached hydrogens (tertiary/aromatic N) is 1. The molecule has 0 amide bonds. The molecule has 5 heteroatoms. The summed E-state index contributed by atoms with van der Waals surface area (Å²) in [7, 11) is 0. The molecule has 0 aliphatic heterocycles. The zero-order valence-electron chi connectivity index (χ0n) is 10.7. The van der Waals surface area contributed by atoms with Crippen LogP contribution < -0.4 is 17.0 Å². The van der Waals surface area contributed by atoms with E-state index in [9.17, 15) is 0 Å². The van der Waals surface area contributed by atoms with E-state index in [1.54, 1.807) is 6.20 Å². The van der Waals surface area contributed by atoms with Gasteiger partial charge >= 0.3 is 0 Å². The minimum atomic E-state index is 0.0612. The topological polar surface area (TPSA) is 77.0 Å². The molecule has 1 unspecified atom stereocenters. The van der Waals surface area contributed by atoms with E-state index in [1.165, 1.54) is 0 Å². The second-order valence-corrected chi connectivity index (χ2v) is 5.71. The van der Waals surface area contributed by atoms with Crippen LogP contribution in [0.4, 0.5) is 5.82 Å². The van der Waals surface area contributed by atoms with Gasteiger partial charge in [-0.05, 0) is 30.2 Å². The molecule has 0 aliphatic carbocycles. The van der Waals surface area contributed by atoms with Gasteiger partial charge in [0, 0.05) is 17.5 Å². The number of rotatable bonds is 6. The number of nitrogens with two attached hydrogens (primary N) is 2. The molecule has 1 aromatic rings. The van der Waals surface area contributed by atoms with Gasteiger partial charge in [-0.25, -0.2) is 4.98 Å². The minimum absolute atomic E-state index is 0.0612. The third-order valence-corrected chi connectivity index (χ3v) is 3.87. The lowest BCUT2D eigenvalue weighted by molar-refractivity contribution is 0.609. The van der Waals surface area contributed by atoms with Gasteiger partial charge in [-0.15, -0.1) is 0 Å². The van der Waals surface area contributed by atoms with Crippen LogP contribution >= 0.6 is 11.8 Å². The van der Waals surface area contributed by atoms with Gasteiger partial charge in [-0.2, -0.15) is 11.8 Å². The summed E-state index contributed by atoms with van der Waals surface area (Å²) in [6, 6.07) is 2.11. The summed E-state index contributed by atoms with van der Waals surface area (Å²) >= 11 is 1.88. The summed E-state index contributed by atoms with van der Waals surface area (Å²) in [4.78, 5) is 4.16. The number of nitrogen functional groups attached to an aromatic ring is 1. The number of thioether (sulfide) groups is 1. The largest absolute Gasteiger partial charge is 0.383 e. The van der Waals surface area contributed by atoms with Crippen molar-refractivity contribution >= 4 is 17.6 Å². The number of aryl methyl sites for hydroxylation is 1. The van der Waals surface area contributed by atoms with Gasteiger partial charge in [-0.3, -0.25) is 11.3 Å². The predicted octanol–water partition coefficient (Wildman–Crippen LogP) is 1.87. The predicted molar refractivity (Wildman–Crippen MR) is 75.6 cm³/mol. The number of aromatic nitrogens is 1. The molecule has 0 saturated heterocycles. The molecule has 0 spiro atoms. The van der Waals surface area contributed by atoms with Crippen molar-refractivity contribution in [1.82, 2.24) is 10.4 Å². The molecular weight excluding hydrogens is 232 g/mol. The van der Waals surface area contributed by atoms with E-state index in [0.717, 1.165) is 22.6 Å². The molecule has 0 aromatic carbocycles. The lowest BCUT2D eigenvalue weighted by atomic mass is 10.1. The minimum Gasteiger partial charge on any atom is -0.383 e. The Morgan fingerprint density at radius 1 is 1.41 bits per heavy atom. The van der Waals surface area contributed by atoms with Crippen LogP contribution in [0.3, 0.4) is 0 Å². The Balaban J connectivity index is 2.68. The Hall–Kier alpha value is -0.780. The number of nitrogens with one attached hydrogen (secondary N) is 1. The lowest BCUT2D eigenvalue weighted by Crippen LogP contribution is -2.30. The van der Waals surface area contributed by atoms with E-state index in [-0.39, 0.29) is 6.04 Å². The molecule has 0 bridgehead atoms. The van der Waals surface area contributed by atoms with Gasteiger partial charge < -0.3 is 5.73 Å². The Morgan fingerprint density at radius 2 is 2.12 bits per heavy atom. The van der Waals surface area contributed by atoms with Crippen molar-refractivity contribution in [3.8, 4) is 0 Å². The molecule has 0 aliphatic rings. The van der Waals surface area contributed by atoms with Crippen LogP contribution in [0.25, 0.3) is 0 Å². The molecule has 4 nitrogen and oxygen atoms in total. The van der Waals surface area contributed by atoms with Crippen molar-refractivity contribution in [3.63, 3.8) is 0 Å². The standard InChI is InChI=1S/C12H22N4S/c1-8(2)6-17-7-11(16-14)10-4-9(3)5-15-12(10)13/h4-5,8,11,16H,6-7,14H2,1-3H3,(H2,13,15). The smallest absolute Gasteiger partial charge is 0.128 e. The van der Waals surface area contributed by atoms with Crippen LogP contribution in [0.15, 0.2) is 12.3 Å². The van der Waals surface area contributed by atoms with Crippen LogP contribution in [0, 0.1) is 12.8 Å². The van der Waals surface area contributed by atoms with Crippen LogP contribution in [-0.4, -0.2) is 16.5 Å². The highest BCUT2D eigenvalue weighted by Gasteiger charge is 2.14. The first kappa shape index (κ1) is 14.3. The Kier molecular flexibility index (Phi) is 5.74. The van der Waals surface area contributed by atoms with E-state index < -0.39 is 0 Å². The summed E-state index contributed by atoms with van der Waals surface area (Å²) in [6.45, 7) is 6.42. The van der Waals surface area contributed by atoms with Crippen LogP contribution in [0.1, 0.15) is 31.0 Å². The van der Waals surface area contributed by atoms with Crippen molar-refractivity contribution in [2.75, 3.05) is 17.2 Å². The number of hydrogen-bond donors (Lipinski definition) is 3. The molecule has 96 valence electrons. The fraction of sp³-hybridized carbons (Fsp3) is 0.583. The summed E-state index contributed by atoms with van der Waals surface area (Å²) in [5.74, 6) is 8.87. The third kappa shape index (κ3) is 4.53. The zero-order chi connectivity index (χ0) is 12.8. The van der Waals surface area contributed by atoms with Crippen LogP contribution in [-0.2, 0) is 0 Å². The monoisotopic (exact) mass is 254 g/mol. The first-order chi connectivity index (χ1) is 8.04. The van der Waals surface area contributed by atoms with Gasteiger partial charge in [0.15, 0.2) is 0 Å². The average Bonchev–Trinajstić information content (AvgIpc) is 2.28. The first-order valence-corrected chi connectivity index (χ1v) is 6.96. The molecule has 0 saturated carbocycles. The number of hydrogen-bond acceptors (Lipinski definition) is 5. The fourth-order valence-electron chi connectivity index (χ4n) is 1.53. The maximum atomic E-state index is 5.88. The molecule has 0 fully saturated rings. The van der Waals surface area contributed by atoms with E-state index in [1.807, 2.05) is 24.8 Å². The number of anilines is 1. The number of hydrazine groups is 1. The van der Waals surface area contributed by atoms with Crippen molar-refractivity contribution in [1.29, 1.82) is 0 Å². The number of pyridine rings is 1. The third-order valence-electron chi connectivity index (χ3n) is 2.40. The molecule has 0 radical (unpaired) electrons. The first-order valence-electron chi connectivity index (χ1n) is 5.80. The summed E-state index contributed by atoms with van der Waals surface area (Å²) < 4.78 is 0. The van der Waals surface area contributed by atoms with Crippen molar-refractivity contribution < 1.29 is 0 Å². The molecule has 1 rings (SSSR count). The van der Waals surface area contributed by atoms with Gasteiger partial charge in [0.2, 0.25) is 0 Å². The second-order valence-electron chi connectivity index (χ2n) is 4.64. The van der Waals surface area contributed by atoms with Gasteiger partial charge in [0.25, 0.3) is 0 Å². The SMILES string of the molecule is Cc1cnc(N)c(C(CSCC(C)C)NN)c1. The zero-order valence-corrected chi connectivity index (χ0v) is 11.6. The summed E-state index contributed by atoms with van der Waals surface area (Å²) in [6.07, 6.45) is 1.77. The molecule has 1 atom stereocenters. The van der Waals surface area contributed by atoms with Crippen LogP contribution in [0.5, 0.6) is 0 Å². The summed E-state index contributed by atoms with van der Waals surface area (Å²) in [5.41, 5.74) is 10.8. The van der Waals surface area contributed by atoms with Crippen molar-refractivity contribution in [2.45, 2.75) is 26.8 Å². The molecule has 1 aromatic heterocycles. The molecule has 1 heterocycles. The van der Waals surface area contributed by atoms with E-state index in [2.05, 4.69) is 24.3 Å². The highest BCUT2D eigenvalue weighted by atomic mass is 32.2. The highest BCUT2D eigenvalue weighted by Crippen LogP contribution is 2.23. The Bertz CT molecular complexity index is 354. The van der Waals surface area contributed by atoms with E-state index >= 15 is 0 Å². The van der Waals surface area contributed by atoms with Crippen LogP contribution in [0.2, 0.25) is 0 Å². The second kappa shape index (κ2) is 6.83. The van der Waals surface area contributed by atoms with Gasteiger partial charge in [0.1, 0.15) is 5.82 Å². The van der Waals surface area contributed by atoms with Gasteiger partial charge in [0.05, 0.1) is 6.04 Å². The molecular formula is C12H22N4S. The maximum Gasteiger partial charge on any atom is 0.128 e. The van der Waals surface area contributed by atoms with E-state index in [4.69, 9.17) is 11.6 Å². The lowest BCUT2D eigenvalue weighted by Gasteiger charge is -2.18. The van der Waals surface area contributed by atoms with E-state index in [0.29, 0.717) is 11.7 Å². The highest BCUT2D eigenvalue weighted by molar-refractivity contribution is 7.99. The average molecular weight is 254 g/mol. The maximum absolute atomic E-state index is 5.88. The summed E-state index contributed by atoms with van der Waals surface area (Å²) in [5, 5.41) is 0. The molecule has 17 heavy (non-hydrogen) atoms. The Morgan fingerprint density at radius 3 is 2.71 bits per heavy atom. The van der Waals surface area contributed by atoms with Crippen molar-refractivity contribution in [3.05, 3.63) is 23.4 Å². The Labute approximate surface area is 108 Å². The van der Waals surface area contributed by atoms with Gasteiger partial charge in [-0.1, -0.05) is 13.8 Å². The fourth-order valence-corrected chi connectivity index (χ4v) is 2.65.